The van der Waals surface area contributed by atoms with E-state index in [1.165, 1.54) is 5.56 Å². The Kier molecular flexibility index (Phi) is 6.72. The predicted molar refractivity (Wildman–Crippen MR) is 117 cm³/mol. The molecule has 0 aliphatic carbocycles. The monoisotopic (exact) mass is 441 g/mol. The van der Waals surface area contributed by atoms with Gasteiger partial charge in [-0.1, -0.05) is 11.2 Å². The molecule has 2 aromatic heterocycles. The molecule has 0 aromatic carbocycles. The Morgan fingerprint density at radius 1 is 1.22 bits per heavy atom. The summed E-state index contributed by atoms with van der Waals surface area (Å²) < 4.78 is 5.47. The highest BCUT2D eigenvalue weighted by molar-refractivity contribution is 5.73. The third-order valence-corrected chi connectivity index (χ3v) is 6.62. The molecule has 0 bridgehead atoms. The molecule has 2 aromatic rings. The molecule has 0 radical (unpaired) electrons. The van der Waals surface area contributed by atoms with Gasteiger partial charge in [-0.3, -0.25) is 9.59 Å². The molecule has 1 saturated heterocycles. The first-order valence-electron chi connectivity index (χ1n) is 11.4. The van der Waals surface area contributed by atoms with Gasteiger partial charge in [-0.05, 0) is 55.6 Å². The zero-order valence-electron chi connectivity index (χ0n) is 18.6. The molecule has 1 amide bonds. The Bertz CT molecular complexity index is 965. The maximum atomic E-state index is 11.6. The number of carbonyl (C=O) groups excluding carboxylic acids is 1. The van der Waals surface area contributed by atoms with Crippen LogP contribution in [0.4, 0.5) is 5.82 Å². The van der Waals surface area contributed by atoms with Gasteiger partial charge in [0.05, 0.1) is 6.42 Å². The summed E-state index contributed by atoms with van der Waals surface area (Å²) in [5.74, 6) is 1.32. The third-order valence-electron chi connectivity index (χ3n) is 6.62. The summed E-state index contributed by atoms with van der Waals surface area (Å²) in [6, 6.07) is 4.26. The van der Waals surface area contributed by atoms with Gasteiger partial charge >= 0.3 is 5.97 Å². The molecular formula is C23H31N5O4. The Hall–Kier alpha value is -2.97. The van der Waals surface area contributed by atoms with Crippen molar-refractivity contribution in [1.29, 1.82) is 0 Å². The van der Waals surface area contributed by atoms with E-state index in [0.717, 1.165) is 43.7 Å². The van der Waals surface area contributed by atoms with Crippen molar-refractivity contribution in [3.8, 4) is 0 Å². The van der Waals surface area contributed by atoms with Crippen LogP contribution < -0.4 is 5.32 Å². The molecule has 9 heteroatoms. The molecule has 4 rings (SSSR count). The van der Waals surface area contributed by atoms with Crippen LogP contribution in [-0.2, 0) is 35.3 Å². The van der Waals surface area contributed by atoms with Crippen molar-refractivity contribution < 1.29 is 19.2 Å². The fraction of sp³-hybridized carbons (Fsp3) is 0.609. The topological polar surface area (TPSA) is 121 Å². The highest BCUT2D eigenvalue weighted by atomic mass is 16.5. The van der Waals surface area contributed by atoms with Crippen molar-refractivity contribution >= 4 is 17.7 Å². The summed E-state index contributed by atoms with van der Waals surface area (Å²) in [7, 11) is 0. The van der Waals surface area contributed by atoms with Gasteiger partial charge in [-0.2, -0.15) is 4.98 Å². The van der Waals surface area contributed by atoms with Crippen LogP contribution in [0.5, 0.6) is 0 Å². The smallest absolute Gasteiger partial charge is 0.303 e. The first-order valence-corrected chi connectivity index (χ1v) is 11.4. The quantitative estimate of drug-likeness (QED) is 0.641. The van der Waals surface area contributed by atoms with Crippen LogP contribution in [0.2, 0.25) is 0 Å². The van der Waals surface area contributed by atoms with Gasteiger partial charge in [0.1, 0.15) is 5.82 Å². The van der Waals surface area contributed by atoms with Gasteiger partial charge in [-0.25, -0.2) is 4.98 Å². The van der Waals surface area contributed by atoms with E-state index in [0.29, 0.717) is 50.5 Å². The average molecular weight is 442 g/mol. The number of aromatic nitrogens is 3. The predicted octanol–water partition coefficient (Wildman–Crippen LogP) is 2.64. The lowest BCUT2D eigenvalue weighted by molar-refractivity contribution is -0.141. The summed E-state index contributed by atoms with van der Waals surface area (Å²) in [5, 5.41) is 16.9. The van der Waals surface area contributed by atoms with Crippen LogP contribution in [0.3, 0.4) is 0 Å². The van der Waals surface area contributed by atoms with Crippen LogP contribution >= 0.6 is 0 Å². The number of hydrogen-bond acceptors (Lipinski definition) is 7. The van der Waals surface area contributed by atoms with Crippen molar-refractivity contribution in [3.05, 3.63) is 35.1 Å². The summed E-state index contributed by atoms with van der Waals surface area (Å²) in [5.41, 5.74) is 1.88. The Balaban J connectivity index is 1.32. The number of carboxylic acid groups (broad SMARTS) is 1. The molecule has 4 heterocycles. The first kappa shape index (κ1) is 22.2. The molecule has 0 saturated carbocycles. The lowest BCUT2D eigenvalue weighted by Crippen LogP contribution is -2.44. The zero-order chi connectivity index (χ0) is 22.6. The van der Waals surface area contributed by atoms with E-state index in [1.54, 1.807) is 11.8 Å². The second kappa shape index (κ2) is 9.67. The number of anilines is 1. The molecule has 2 aliphatic rings. The number of nitrogens with zero attached hydrogens (tertiary/aromatic N) is 4. The molecule has 172 valence electrons. The number of amides is 1. The number of aryl methyl sites for hydroxylation is 3. The molecule has 0 unspecified atom stereocenters. The van der Waals surface area contributed by atoms with Crippen molar-refractivity contribution in [3.63, 3.8) is 0 Å². The summed E-state index contributed by atoms with van der Waals surface area (Å²) in [6.07, 6.45) is 6.31. The van der Waals surface area contributed by atoms with Crippen LogP contribution in [0, 0.1) is 5.41 Å². The van der Waals surface area contributed by atoms with Crippen LogP contribution in [0.25, 0.3) is 0 Å². The largest absolute Gasteiger partial charge is 0.481 e. The minimum atomic E-state index is -0.840. The minimum Gasteiger partial charge on any atom is -0.481 e. The molecule has 1 fully saturated rings. The molecule has 0 spiro atoms. The summed E-state index contributed by atoms with van der Waals surface area (Å²) in [4.78, 5) is 34.1. The highest BCUT2D eigenvalue weighted by Crippen LogP contribution is 2.38. The second-order valence-corrected chi connectivity index (χ2v) is 9.05. The number of carbonyl (C=O) groups is 2. The normalized spacial score (nSPS) is 17.5. The van der Waals surface area contributed by atoms with E-state index in [2.05, 4.69) is 27.6 Å². The van der Waals surface area contributed by atoms with Gasteiger partial charge in [-0.15, -0.1) is 0 Å². The van der Waals surface area contributed by atoms with E-state index in [9.17, 15) is 14.7 Å². The Morgan fingerprint density at radius 2 is 2.03 bits per heavy atom. The number of piperidine rings is 1. The Labute approximate surface area is 187 Å². The zero-order valence-corrected chi connectivity index (χ0v) is 18.6. The fourth-order valence-electron chi connectivity index (χ4n) is 4.75. The van der Waals surface area contributed by atoms with Crippen LogP contribution in [0.15, 0.2) is 16.7 Å². The molecule has 0 atom stereocenters. The third kappa shape index (κ3) is 5.44. The fourth-order valence-corrected chi connectivity index (χ4v) is 4.75. The van der Waals surface area contributed by atoms with Crippen molar-refractivity contribution in [1.82, 2.24) is 20.0 Å². The van der Waals surface area contributed by atoms with E-state index in [-0.39, 0.29) is 12.3 Å². The number of rotatable bonds is 8. The number of hydrogen-bond donors (Lipinski definition) is 2. The van der Waals surface area contributed by atoms with Gasteiger partial charge in [0.2, 0.25) is 11.8 Å². The van der Waals surface area contributed by atoms with E-state index in [1.807, 2.05) is 0 Å². The molecule has 9 nitrogen and oxygen atoms in total. The van der Waals surface area contributed by atoms with Gasteiger partial charge in [0.15, 0.2) is 5.82 Å². The number of fused-ring (bicyclic) bond motifs is 1. The number of pyridine rings is 1. The second-order valence-electron chi connectivity index (χ2n) is 9.05. The number of carboxylic acids is 1. The van der Waals surface area contributed by atoms with Crippen molar-refractivity contribution in [2.45, 2.75) is 64.7 Å². The lowest BCUT2D eigenvalue weighted by atomic mass is 9.73. The molecule has 2 N–H and O–H groups in total. The maximum Gasteiger partial charge on any atom is 0.303 e. The van der Waals surface area contributed by atoms with Crippen LogP contribution in [-0.4, -0.2) is 56.6 Å². The van der Waals surface area contributed by atoms with E-state index in [4.69, 9.17) is 9.51 Å². The van der Waals surface area contributed by atoms with Crippen molar-refractivity contribution in [2.75, 3.05) is 25.0 Å². The molecule has 32 heavy (non-hydrogen) atoms. The standard InChI is InChI=1S/C23H31N5O4/c1-16(29)28-12-9-23(10-13-28,15-21(30)31)14-20-26-19(27-32-20)6-2-5-18-8-7-17-4-3-11-24-22(17)25-18/h7-8H,2-6,9-15H2,1H3,(H,24,25)(H,30,31). The number of likely N-dealkylation sites (tertiary alicyclic amines) is 1. The highest BCUT2D eigenvalue weighted by Gasteiger charge is 2.39. The SMILES string of the molecule is CC(=O)N1CCC(CC(=O)O)(Cc2nc(CCCc3ccc4c(n3)NCCC4)no2)CC1. The molecule has 2 aliphatic heterocycles. The summed E-state index contributed by atoms with van der Waals surface area (Å²) in [6.45, 7) is 3.65. The minimum absolute atomic E-state index is 0.0261. The number of nitrogens with one attached hydrogen (secondary N) is 1. The van der Waals surface area contributed by atoms with Crippen molar-refractivity contribution in [2.24, 2.45) is 5.41 Å². The van der Waals surface area contributed by atoms with Crippen LogP contribution in [0.1, 0.15) is 62.0 Å². The van der Waals surface area contributed by atoms with Gasteiger partial charge in [0.25, 0.3) is 0 Å². The maximum absolute atomic E-state index is 11.6. The summed E-state index contributed by atoms with van der Waals surface area (Å²) >= 11 is 0. The van der Waals surface area contributed by atoms with Gasteiger partial charge < -0.3 is 19.8 Å². The Morgan fingerprint density at radius 3 is 2.78 bits per heavy atom. The first-order chi connectivity index (χ1) is 15.4. The van der Waals surface area contributed by atoms with Gasteiger partial charge in [0, 0.05) is 45.1 Å². The molecular weight excluding hydrogens is 410 g/mol. The average Bonchev–Trinajstić information content (AvgIpc) is 3.20. The van der Waals surface area contributed by atoms with E-state index >= 15 is 0 Å². The van der Waals surface area contributed by atoms with E-state index < -0.39 is 11.4 Å². The number of aliphatic carboxylic acids is 1. The lowest BCUT2D eigenvalue weighted by Gasteiger charge is -2.40.